The molecule has 1 saturated carbocycles. The molecule has 0 N–H and O–H groups in total. The third-order valence-corrected chi connectivity index (χ3v) is 10.2. The topological polar surface area (TPSA) is 29.5 Å². The molecule has 0 aromatic heterocycles. The zero-order chi connectivity index (χ0) is 27.2. The summed E-state index contributed by atoms with van der Waals surface area (Å²) < 4.78 is 6.10. The van der Waals surface area contributed by atoms with Crippen molar-refractivity contribution in [1.29, 1.82) is 0 Å². The predicted molar refractivity (Wildman–Crippen MR) is 162 cm³/mol. The van der Waals surface area contributed by atoms with Crippen LogP contribution in [0.4, 0.5) is 0 Å². The summed E-state index contributed by atoms with van der Waals surface area (Å²) >= 11 is 0. The molecule has 3 rings (SSSR count). The van der Waals surface area contributed by atoms with Gasteiger partial charge in [0.05, 0.1) is 5.92 Å². The minimum atomic E-state index is 0.0364. The van der Waals surface area contributed by atoms with Crippen LogP contribution in [-0.4, -0.2) is 36.6 Å². The number of esters is 1. The molecule has 2 aliphatic carbocycles. The third kappa shape index (κ3) is 9.67. The molecule has 0 aromatic rings. The summed E-state index contributed by atoms with van der Waals surface area (Å²) in [6.07, 6.45) is 29.4. The first-order chi connectivity index (χ1) is 18.5. The van der Waals surface area contributed by atoms with Crippen LogP contribution in [0.1, 0.15) is 156 Å². The van der Waals surface area contributed by atoms with E-state index < -0.39 is 0 Å². The number of unbranched alkanes of at least 4 members (excludes halogenated alkanes) is 14. The summed E-state index contributed by atoms with van der Waals surface area (Å²) in [4.78, 5) is 15.8. The number of nitrogens with zero attached hydrogens (tertiary/aromatic N) is 1. The fraction of sp³-hybridized carbons (Fsp3) is 0.914. The Labute approximate surface area is 236 Å². The van der Waals surface area contributed by atoms with Gasteiger partial charge in [-0.2, -0.15) is 0 Å². The number of hydrogen-bond acceptors (Lipinski definition) is 3. The minimum Gasteiger partial charge on any atom is -0.461 e. The zero-order valence-electron chi connectivity index (χ0n) is 25.9. The minimum absolute atomic E-state index is 0.0364. The van der Waals surface area contributed by atoms with Gasteiger partial charge in [-0.05, 0) is 56.5 Å². The van der Waals surface area contributed by atoms with E-state index in [1.54, 1.807) is 5.57 Å². The largest absolute Gasteiger partial charge is 0.461 e. The number of carbonyl (C=O) groups is 1. The first-order valence-corrected chi connectivity index (χ1v) is 17.1. The molecule has 1 aliphatic heterocycles. The number of ether oxygens (including phenoxy) is 1. The van der Waals surface area contributed by atoms with Crippen LogP contribution < -0.4 is 0 Å². The van der Waals surface area contributed by atoms with Crippen molar-refractivity contribution in [3.8, 4) is 0 Å². The maximum atomic E-state index is 13.2. The van der Waals surface area contributed by atoms with Crippen molar-refractivity contribution >= 4 is 5.97 Å². The van der Waals surface area contributed by atoms with E-state index in [-0.39, 0.29) is 23.4 Å². The standard InChI is InChI=1S/C35H63NO2/c1-5-7-9-11-13-15-17-19-24-36(25-20-18-16-14-12-10-8-6-2)28-31-30-26-32-29(3)22-21-23-35(32,4)27-33(30)38-34(31)37/h26,29-31,33H,5-25,27-28H2,1-4H3/t29-,30+,31-,33+,35+/m0/s1. The van der Waals surface area contributed by atoms with Crippen molar-refractivity contribution in [3.05, 3.63) is 11.6 Å². The molecule has 3 heteroatoms. The Kier molecular flexibility index (Phi) is 14.3. The van der Waals surface area contributed by atoms with Crippen molar-refractivity contribution in [2.75, 3.05) is 19.6 Å². The molecule has 1 heterocycles. The lowest BCUT2D eigenvalue weighted by atomic mass is 9.59. The monoisotopic (exact) mass is 529 g/mol. The first kappa shape index (κ1) is 31.7. The van der Waals surface area contributed by atoms with Gasteiger partial charge in [-0.1, -0.05) is 136 Å². The smallest absolute Gasteiger partial charge is 0.311 e. The number of rotatable bonds is 20. The van der Waals surface area contributed by atoms with Crippen molar-refractivity contribution < 1.29 is 9.53 Å². The molecule has 0 radical (unpaired) electrons. The Morgan fingerprint density at radius 2 is 1.37 bits per heavy atom. The summed E-state index contributed by atoms with van der Waals surface area (Å²) in [5, 5.41) is 0. The van der Waals surface area contributed by atoms with E-state index in [1.807, 2.05) is 0 Å². The molecule has 0 spiro atoms. The van der Waals surface area contributed by atoms with Gasteiger partial charge in [0.1, 0.15) is 6.10 Å². The van der Waals surface area contributed by atoms with Crippen LogP contribution >= 0.6 is 0 Å². The zero-order valence-corrected chi connectivity index (χ0v) is 25.9. The van der Waals surface area contributed by atoms with E-state index in [1.165, 1.54) is 122 Å². The summed E-state index contributed by atoms with van der Waals surface area (Å²) in [6, 6.07) is 0. The van der Waals surface area contributed by atoms with E-state index >= 15 is 0 Å². The van der Waals surface area contributed by atoms with Crippen LogP contribution in [0.15, 0.2) is 11.6 Å². The van der Waals surface area contributed by atoms with Gasteiger partial charge < -0.3 is 9.64 Å². The summed E-state index contributed by atoms with van der Waals surface area (Å²) in [7, 11) is 0. The Morgan fingerprint density at radius 1 is 0.842 bits per heavy atom. The second-order valence-corrected chi connectivity index (χ2v) is 13.6. The molecular formula is C35H63NO2. The van der Waals surface area contributed by atoms with Gasteiger partial charge >= 0.3 is 5.97 Å². The van der Waals surface area contributed by atoms with E-state index in [2.05, 4.69) is 38.7 Å². The highest BCUT2D eigenvalue weighted by Gasteiger charge is 2.51. The second kappa shape index (κ2) is 17.1. The predicted octanol–water partition coefficient (Wildman–Crippen LogP) is 9.88. The van der Waals surface area contributed by atoms with Gasteiger partial charge in [0, 0.05) is 12.5 Å². The third-order valence-electron chi connectivity index (χ3n) is 10.2. The Morgan fingerprint density at radius 3 is 1.92 bits per heavy atom. The highest BCUT2D eigenvalue weighted by Crippen LogP contribution is 2.54. The highest BCUT2D eigenvalue weighted by molar-refractivity contribution is 5.76. The average molecular weight is 530 g/mol. The average Bonchev–Trinajstić information content (AvgIpc) is 3.18. The number of fused-ring (bicyclic) bond motifs is 2. The number of hydrogen-bond donors (Lipinski definition) is 0. The molecule has 0 bridgehead atoms. The molecule has 0 aromatic carbocycles. The summed E-state index contributed by atoms with van der Waals surface area (Å²) in [6.45, 7) is 12.6. The first-order valence-electron chi connectivity index (χ1n) is 17.1. The van der Waals surface area contributed by atoms with Crippen LogP contribution in [0.3, 0.4) is 0 Å². The lowest BCUT2D eigenvalue weighted by Gasteiger charge is -2.46. The molecule has 0 unspecified atom stereocenters. The van der Waals surface area contributed by atoms with Crippen LogP contribution in [0.2, 0.25) is 0 Å². The van der Waals surface area contributed by atoms with Gasteiger partial charge in [-0.25, -0.2) is 0 Å². The Balaban J connectivity index is 1.52. The molecule has 3 nitrogen and oxygen atoms in total. The van der Waals surface area contributed by atoms with Gasteiger partial charge in [-0.3, -0.25) is 4.79 Å². The maximum absolute atomic E-state index is 13.2. The normalized spacial score (nSPS) is 28.8. The molecule has 1 saturated heterocycles. The van der Waals surface area contributed by atoms with Crippen LogP contribution in [-0.2, 0) is 9.53 Å². The Bertz CT molecular complexity index is 682. The van der Waals surface area contributed by atoms with Crippen LogP contribution in [0.5, 0.6) is 0 Å². The van der Waals surface area contributed by atoms with Gasteiger partial charge in [-0.15, -0.1) is 0 Å². The van der Waals surface area contributed by atoms with Crippen molar-refractivity contribution in [2.45, 2.75) is 162 Å². The van der Waals surface area contributed by atoms with Crippen LogP contribution in [0, 0.1) is 23.2 Å². The molecule has 38 heavy (non-hydrogen) atoms. The maximum Gasteiger partial charge on any atom is 0.311 e. The summed E-state index contributed by atoms with van der Waals surface area (Å²) in [5.41, 5.74) is 1.90. The van der Waals surface area contributed by atoms with Crippen molar-refractivity contribution in [2.24, 2.45) is 23.2 Å². The second-order valence-electron chi connectivity index (χ2n) is 13.6. The molecular weight excluding hydrogens is 466 g/mol. The van der Waals surface area contributed by atoms with Crippen LogP contribution in [0.25, 0.3) is 0 Å². The van der Waals surface area contributed by atoms with Gasteiger partial charge in [0.25, 0.3) is 0 Å². The van der Waals surface area contributed by atoms with Crippen molar-refractivity contribution in [1.82, 2.24) is 4.90 Å². The fourth-order valence-corrected chi connectivity index (χ4v) is 7.77. The number of carbonyl (C=O) groups excluding carboxylic acids is 1. The van der Waals surface area contributed by atoms with Gasteiger partial charge in [0.2, 0.25) is 0 Å². The lowest BCUT2D eigenvalue weighted by Crippen LogP contribution is -2.41. The quantitative estimate of drug-likeness (QED) is 0.0892. The number of allylic oxidation sites excluding steroid dienone is 1. The molecule has 2 fully saturated rings. The molecule has 0 amide bonds. The lowest BCUT2D eigenvalue weighted by molar-refractivity contribution is -0.145. The molecule has 220 valence electrons. The van der Waals surface area contributed by atoms with E-state index in [0.717, 1.165) is 26.1 Å². The SMILES string of the molecule is CCCCCCCCCCN(CCCCCCCCCC)C[C@@H]1C(=O)O[C@@H]2C[C@@]3(C)CCC[C@H](C)C3=C[C@H]12. The fourth-order valence-electron chi connectivity index (χ4n) is 7.77. The highest BCUT2D eigenvalue weighted by atomic mass is 16.6. The summed E-state index contributed by atoms with van der Waals surface area (Å²) in [5.74, 6) is 1.08. The van der Waals surface area contributed by atoms with E-state index in [0.29, 0.717) is 11.8 Å². The van der Waals surface area contributed by atoms with Crippen molar-refractivity contribution in [3.63, 3.8) is 0 Å². The van der Waals surface area contributed by atoms with Gasteiger partial charge in [0.15, 0.2) is 0 Å². The molecule has 5 atom stereocenters. The molecule has 3 aliphatic rings. The Hall–Kier alpha value is -0.830. The van der Waals surface area contributed by atoms with E-state index in [4.69, 9.17) is 4.74 Å². The van der Waals surface area contributed by atoms with E-state index in [9.17, 15) is 4.79 Å².